The van der Waals surface area contributed by atoms with E-state index in [1.165, 1.54) is 14.2 Å². The molecular formula is C3H8N4O4. The molecule has 0 rings (SSSR count). The maximum atomic E-state index is 10.4. The molecule has 0 spiro atoms. The van der Waals surface area contributed by atoms with E-state index in [0.717, 1.165) is 0 Å². The summed E-state index contributed by atoms with van der Waals surface area (Å²) in [6, 6.07) is 0. The van der Waals surface area contributed by atoms with Crippen LogP contribution in [0.1, 0.15) is 0 Å². The third-order valence-corrected chi connectivity index (χ3v) is 0.587. The zero-order valence-corrected chi connectivity index (χ0v) is 6.13. The first-order chi connectivity index (χ1) is 5.20. The SMILES string of the molecule is CON=[N+]([O-])C[N+]([O-])=NOC. The van der Waals surface area contributed by atoms with E-state index in [1.54, 1.807) is 0 Å². The van der Waals surface area contributed by atoms with E-state index in [1.807, 2.05) is 0 Å². The molecule has 0 aliphatic heterocycles. The van der Waals surface area contributed by atoms with Gasteiger partial charge in [0.25, 0.3) is 0 Å². The van der Waals surface area contributed by atoms with Gasteiger partial charge in [0.2, 0.25) is 10.6 Å². The second kappa shape index (κ2) is 5.21. The van der Waals surface area contributed by atoms with E-state index in [2.05, 4.69) is 20.2 Å². The van der Waals surface area contributed by atoms with E-state index >= 15 is 0 Å². The molecule has 64 valence electrons. The summed E-state index contributed by atoms with van der Waals surface area (Å²) in [4.78, 5) is 8.19. The minimum Gasteiger partial charge on any atom is -0.592 e. The van der Waals surface area contributed by atoms with Gasteiger partial charge in [0.1, 0.15) is 14.2 Å². The van der Waals surface area contributed by atoms with Crippen molar-refractivity contribution in [2.75, 3.05) is 20.9 Å². The fourth-order valence-corrected chi connectivity index (χ4v) is 0.337. The van der Waals surface area contributed by atoms with Crippen molar-refractivity contribution in [1.82, 2.24) is 0 Å². The molecule has 0 radical (unpaired) electrons. The molecule has 0 aliphatic rings. The Kier molecular flexibility index (Phi) is 4.45. The van der Waals surface area contributed by atoms with Crippen LogP contribution in [-0.4, -0.2) is 30.6 Å². The highest BCUT2D eigenvalue weighted by Gasteiger charge is 2.03. The molecule has 0 heterocycles. The van der Waals surface area contributed by atoms with Gasteiger partial charge in [0.05, 0.1) is 0 Å². The van der Waals surface area contributed by atoms with Crippen molar-refractivity contribution in [3.05, 3.63) is 10.4 Å². The van der Waals surface area contributed by atoms with Crippen molar-refractivity contribution in [3.63, 3.8) is 0 Å². The summed E-state index contributed by atoms with van der Waals surface area (Å²) >= 11 is 0. The number of rotatable bonds is 4. The summed E-state index contributed by atoms with van der Waals surface area (Å²) in [5, 5.41) is 26.5. The number of nitrogens with zero attached hydrogens (tertiary/aromatic N) is 4. The largest absolute Gasteiger partial charge is 0.592 e. The molecular weight excluding hydrogens is 156 g/mol. The Morgan fingerprint density at radius 2 is 1.45 bits per heavy atom. The predicted octanol–water partition coefficient (Wildman–Crippen LogP) is -0.00830. The number of hydroxylamine groups is 2. The maximum absolute atomic E-state index is 10.4. The lowest BCUT2D eigenvalue weighted by Crippen LogP contribution is -2.13. The first kappa shape index (κ1) is 9.40. The van der Waals surface area contributed by atoms with Crippen LogP contribution in [0.4, 0.5) is 0 Å². The minimum absolute atomic E-state index is 0.0233. The molecule has 0 N–H and O–H groups in total. The van der Waals surface area contributed by atoms with E-state index in [-0.39, 0.29) is 9.72 Å². The Morgan fingerprint density at radius 3 is 1.73 bits per heavy atom. The lowest BCUT2D eigenvalue weighted by molar-refractivity contribution is -0.750. The quantitative estimate of drug-likeness (QED) is 0.252. The normalized spacial score (nSPS) is 12.9. The van der Waals surface area contributed by atoms with E-state index in [9.17, 15) is 10.4 Å². The standard InChI is InChI=1S/C3H8N4O4/c1-10-4-6(8)3-7(9)5-11-2/h3H2,1-2H3. The molecule has 0 aromatic heterocycles. The first-order valence-corrected chi connectivity index (χ1v) is 2.58. The fraction of sp³-hybridized carbons (Fsp3) is 1.00. The predicted molar refractivity (Wildman–Crippen MR) is 31.0 cm³/mol. The van der Waals surface area contributed by atoms with Gasteiger partial charge in [0.15, 0.2) is 0 Å². The molecule has 0 aliphatic carbocycles. The van der Waals surface area contributed by atoms with Crippen LogP contribution in [0.2, 0.25) is 0 Å². The Labute approximate surface area is 62.4 Å². The molecule has 0 unspecified atom stereocenters. The summed E-state index contributed by atoms with van der Waals surface area (Å²) in [6.45, 7) is -0.596. The third kappa shape index (κ3) is 4.88. The van der Waals surface area contributed by atoms with Crippen LogP contribution in [-0.2, 0) is 9.68 Å². The van der Waals surface area contributed by atoms with Gasteiger partial charge in [-0.3, -0.25) is 0 Å². The van der Waals surface area contributed by atoms with Gasteiger partial charge in [-0.05, 0) is 0 Å². The Balaban J connectivity index is 3.84. The molecule has 8 heteroatoms. The van der Waals surface area contributed by atoms with Gasteiger partial charge in [0, 0.05) is 9.72 Å². The van der Waals surface area contributed by atoms with E-state index in [4.69, 9.17) is 0 Å². The maximum Gasteiger partial charge on any atom is 0.408 e. The van der Waals surface area contributed by atoms with Gasteiger partial charge in [-0.2, -0.15) is 0 Å². The molecule has 0 bridgehead atoms. The van der Waals surface area contributed by atoms with Gasteiger partial charge < -0.3 is 20.1 Å². The molecule has 0 aromatic rings. The van der Waals surface area contributed by atoms with Crippen LogP contribution in [0.5, 0.6) is 0 Å². The topological polar surface area (TPSA) is 95.3 Å². The highest BCUT2D eigenvalue weighted by Crippen LogP contribution is 1.80. The lowest BCUT2D eigenvalue weighted by atomic mass is 11.2. The Hall–Kier alpha value is -1.60. The van der Waals surface area contributed by atoms with Crippen molar-refractivity contribution in [2.45, 2.75) is 0 Å². The average Bonchev–Trinajstić information content (AvgIpc) is 1.87. The molecule has 0 saturated heterocycles. The second-order valence-corrected chi connectivity index (χ2v) is 1.37. The van der Waals surface area contributed by atoms with Crippen LogP contribution in [0, 0.1) is 10.4 Å². The second-order valence-electron chi connectivity index (χ2n) is 1.37. The summed E-state index contributed by atoms with van der Waals surface area (Å²) in [5.74, 6) is 0. The first-order valence-electron chi connectivity index (χ1n) is 2.58. The van der Waals surface area contributed by atoms with Crippen LogP contribution >= 0.6 is 0 Å². The molecule has 11 heavy (non-hydrogen) atoms. The van der Waals surface area contributed by atoms with Crippen molar-refractivity contribution >= 4 is 0 Å². The molecule has 0 aromatic carbocycles. The lowest BCUT2D eigenvalue weighted by Gasteiger charge is -1.96. The highest BCUT2D eigenvalue weighted by molar-refractivity contribution is 3.99. The average molecular weight is 164 g/mol. The summed E-state index contributed by atoms with van der Waals surface area (Å²) in [6.07, 6.45) is 0. The van der Waals surface area contributed by atoms with Gasteiger partial charge >= 0.3 is 6.67 Å². The van der Waals surface area contributed by atoms with E-state index in [0.29, 0.717) is 0 Å². The number of hydrogen-bond acceptors (Lipinski definition) is 6. The molecule has 0 saturated carbocycles. The smallest absolute Gasteiger partial charge is 0.408 e. The van der Waals surface area contributed by atoms with Crippen LogP contribution in [0.25, 0.3) is 0 Å². The Morgan fingerprint density at radius 1 is 1.09 bits per heavy atom. The van der Waals surface area contributed by atoms with Crippen molar-refractivity contribution in [3.8, 4) is 0 Å². The van der Waals surface area contributed by atoms with Crippen LogP contribution in [0.3, 0.4) is 0 Å². The molecule has 0 fully saturated rings. The van der Waals surface area contributed by atoms with Gasteiger partial charge in [-0.25, -0.2) is 0 Å². The molecule has 0 amide bonds. The number of hydrogen-bond donors (Lipinski definition) is 0. The van der Waals surface area contributed by atoms with Crippen molar-refractivity contribution < 1.29 is 19.4 Å². The minimum atomic E-state index is -0.596. The highest BCUT2D eigenvalue weighted by atomic mass is 16.7. The summed E-state index contributed by atoms with van der Waals surface area (Å²) < 4.78 is 0. The zero-order valence-electron chi connectivity index (χ0n) is 6.13. The van der Waals surface area contributed by atoms with Crippen molar-refractivity contribution in [1.29, 1.82) is 0 Å². The van der Waals surface area contributed by atoms with Crippen LogP contribution in [0.15, 0.2) is 10.6 Å². The van der Waals surface area contributed by atoms with E-state index < -0.39 is 6.67 Å². The summed E-state index contributed by atoms with van der Waals surface area (Å²) in [7, 11) is 2.38. The third-order valence-electron chi connectivity index (χ3n) is 0.587. The Bertz CT molecular complexity index is 149. The summed E-state index contributed by atoms with van der Waals surface area (Å²) in [5.41, 5.74) is 0. The fourth-order valence-electron chi connectivity index (χ4n) is 0.337. The molecule has 0 atom stereocenters. The van der Waals surface area contributed by atoms with Gasteiger partial charge in [-0.1, -0.05) is 0 Å². The van der Waals surface area contributed by atoms with Crippen LogP contribution < -0.4 is 0 Å². The zero-order chi connectivity index (χ0) is 8.69. The molecule has 8 nitrogen and oxygen atoms in total. The van der Waals surface area contributed by atoms with Crippen molar-refractivity contribution in [2.24, 2.45) is 10.6 Å². The van der Waals surface area contributed by atoms with Gasteiger partial charge in [-0.15, -0.1) is 0 Å². The monoisotopic (exact) mass is 164 g/mol.